The minimum absolute atomic E-state index is 0.0287. The molecular weight excluding hydrogens is 371 g/mol. The Labute approximate surface area is 167 Å². The largest absolute Gasteiger partial charge is 0.322 e. The average molecular weight is 392 g/mol. The summed E-state index contributed by atoms with van der Waals surface area (Å²) in [7, 11) is 0. The third-order valence-electron chi connectivity index (χ3n) is 4.80. The summed E-state index contributed by atoms with van der Waals surface area (Å²) in [5.41, 5.74) is 4.59. The van der Waals surface area contributed by atoms with Crippen molar-refractivity contribution in [3.63, 3.8) is 0 Å². The lowest BCUT2D eigenvalue weighted by Crippen LogP contribution is -2.20. The van der Waals surface area contributed by atoms with Gasteiger partial charge in [-0.25, -0.2) is 14.1 Å². The van der Waals surface area contributed by atoms with Crippen molar-refractivity contribution in [3.05, 3.63) is 59.9 Å². The van der Waals surface area contributed by atoms with Crippen LogP contribution in [0.25, 0.3) is 22.2 Å². The monoisotopic (exact) mass is 392 g/mol. The number of pyridine rings is 1. The zero-order valence-corrected chi connectivity index (χ0v) is 16.5. The number of carbonyl (C=O) groups excluding carboxylic acids is 1. The van der Waals surface area contributed by atoms with Crippen molar-refractivity contribution >= 4 is 22.6 Å². The molecular formula is C21H21FN6O. The summed E-state index contributed by atoms with van der Waals surface area (Å²) in [6.07, 6.45) is 3.48. The lowest BCUT2D eigenvalue weighted by Gasteiger charge is -2.06. The van der Waals surface area contributed by atoms with Crippen molar-refractivity contribution in [2.24, 2.45) is 0 Å². The molecule has 0 fully saturated rings. The van der Waals surface area contributed by atoms with Gasteiger partial charge < -0.3 is 5.32 Å². The van der Waals surface area contributed by atoms with Crippen molar-refractivity contribution in [1.82, 2.24) is 24.5 Å². The first-order chi connectivity index (χ1) is 14.0. The van der Waals surface area contributed by atoms with E-state index in [2.05, 4.69) is 20.5 Å². The van der Waals surface area contributed by atoms with Crippen LogP contribution in [0.5, 0.6) is 0 Å². The van der Waals surface area contributed by atoms with E-state index in [4.69, 9.17) is 0 Å². The van der Waals surface area contributed by atoms with E-state index in [0.29, 0.717) is 11.3 Å². The molecule has 0 bridgehead atoms. The predicted octanol–water partition coefficient (Wildman–Crippen LogP) is 3.71. The molecule has 1 amide bonds. The Morgan fingerprint density at radius 3 is 2.55 bits per heavy atom. The van der Waals surface area contributed by atoms with Gasteiger partial charge in [0.25, 0.3) is 0 Å². The van der Waals surface area contributed by atoms with Crippen LogP contribution in [0.3, 0.4) is 0 Å². The summed E-state index contributed by atoms with van der Waals surface area (Å²) in [6.45, 7) is 6.48. The highest BCUT2D eigenvalue weighted by molar-refractivity contribution is 5.96. The van der Waals surface area contributed by atoms with E-state index in [1.807, 2.05) is 33.0 Å². The van der Waals surface area contributed by atoms with Crippen LogP contribution in [0, 0.1) is 19.7 Å². The first-order valence-corrected chi connectivity index (χ1v) is 9.38. The standard InChI is InChI=1S/C21H21FN6O/c1-4-27-11-18(13(2)25-27)24-19(29)12-28-21-20(14(3)26-28)17(9-10-23-21)15-5-7-16(22)8-6-15/h5-11H,4,12H2,1-3H3,(H,24,29). The van der Waals surface area contributed by atoms with Crippen molar-refractivity contribution in [3.8, 4) is 11.1 Å². The average Bonchev–Trinajstić information content (AvgIpc) is 3.22. The highest BCUT2D eigenvalue weighted by atomic mass is 19.1. The number of aromatic nitrogens is 5. The number of halogens is 1. The predicted molar refractivity (Wildman–Crippen MR) is 109 cm³/mol. The molecule has 0 atom stereocenters. The lowest BCUT2D eigenvalue weighted by molar-refractivity contribution is -0.116. The highest BCUT2D eigenvalue weighted by Gasteiger charge is 2.17. The third-order valence-corrected chi connectivity index (χ3v) is 4.80. The number of nitrogens with zero attached hydrogens (tertiary/aromatic N) is 5. The number of nitrogens with one attached hydrogen (secondary N) is 1. The molecule has 1 N–H and O–H groups in total. The molecule has 0 radical (unpaired) electrons. The molecule has 0 saturated carbocycles. The summed E-state index contributed by atoms with van der Waals surface area (Å²) in [6, 6.07) is 8.17. The van der Waals surface area contributed by atoms with Gasteiger partial charge in [0, 0.05) is 24.3 Å². The van der Waals surface area contributed by atoms with Crippen LogP contribution in [0.1, 0.15) is 18.3 Å². The van der Waals surface area contributed by atoms with Crippen molar-refractivity contribution in [1.29, 1.82) is 0 Å². The van der Waals surface area contributed by atoms with Crippen molar-refractivity contribution in [2.75, 3.05) is 5.32 Å². The topological polar surface area (TPSA) is 77.6 Å². The maximum atomic E-state index is 13.3. The molecule has 8 heteroatoms. The van der Waals surface area contributed by atoms with E-state index in [9.17, 15) is 9.18 Å². The number of anilines is 1. The number of fused-ring (bicyclic) bond motifs is 1. The molecule has 7 nitrogen and oxygen atoms in total. The van der Waals surface area contributed by atoms with E-state index in [1.54, 1.807) is 27.7 Å². The van der Waals surface area contributed by atoms with E-state index in [0.717, 1.165) is 34.4 Å². The van der Waals surface area contributed by atoms with Crippen LogP contribution >= 0.6 is 0 Å². The fourth-order valence-corrected chi connectivity index (χ4v) is 3.39. The first-order valence-electron chi connectivity index (χ1n) is 9.38. The minimum atomic E-state index is -0.287. The number of hydrogen-bond acceptors (Lipinski definition) is 4. The van der Waals surface area contributed by atoms with E-state index < -0.39 is 0 Å². The Kier molecular flexibility index (Phi) is 4.84. The molecule has 148 valence electrons. The molecule has 29 heavy (non-hydrogen) atoms. The summed E-state index contributed by atoms with van der Waals surface area (Å²) < 4.78 is 16.7. The van der Waals surface area contributed by atoms with Gasteiger partial charge in [-0.05, 0) is 50.1 Å². The van der Waals surface area contributed by atoms with E-state index >= 15 is 0 Å². The smallest absolute Gasteiger partial charge is 0.246 e. The van der Waals surface area contributed by atoms with Crippen molar-refractivity contribution in [2.45, 2.75) is 33.9 Å². The SMILES string of the molecule is CCn1cc(NC(=O)Cn2nc(C)c3c(-c4ccc(F)cc4)ccnc32)c(C)n1. The maximum Gasteiger partial charge on any atom is 0.246 e. The lowest BCUT2D eigenvalue weighted by atomic mass is 10.0. The second-order valence-corrected chi connectivity index (χ2v) is 6.84. The van der Waals surface area contributed by atoms with Gasteiger partial charge in [0.1, 0.15) is 12.4 Å². The van der Waals surface area contributed by atoms with Crippen LogP contribution in [0.2, 0.25) is 0 Å². The van der Waals surface area contributed by atoms with Gasteiger partial charge in [0.05, 0.1) is 17.1 Å². The van der Waals surface area contributed by atoms with Crippen LogP contribution in [-0.2, 0) is 17.9 Å². The highest BCUT2D eigenvalue weighted by Crippen LogP contribution is 2.30. The van der Waals surface area contributed by atoms with Gasteiger partial charge in [0.15, 0.2) is 5.65 Å². The van der Waals surface area contributed by atoms with Crippen LogP contribution in [0.4, 0.5) is 10.1 Å². The van der Waals surface area contributed by atoms with Gasteiger partial charge in [-0.3, -0.25) is 9.48 Å². The minimum Gasteiger partial charge on any atom is -0.322 e. The van der Waals surface area contributed by atoms with Crippen LogP contribution < -0.4 is 5.32 Å². The number of aryl methyl sites for hydroxylation is 3. The Hall–Kier alpha value is -3.55. The second kappa shape index (κ2) is 7.46. The summed E-state index contributed by atoms with van der Waals surface area (Å²) in [4.78, 5) is 17.0. The molecule has 3 heterocycles. The van der Waals surface area contributed by atoms with Gasteiger partial charge in [-0.1, -0.05) is 12.1 Å². The quantitative estimate of drug-likeness (QED) is 0.562. The summed E-state index contributed by atoms with van der Waals surface area (Å²) in [5.74, 6) is -0.494. The molecule has 0 spiro atoms. The molecule has 3 aromatic heterocycles. The van der Waals surface area contributed by atoms with Crippen LogP contribution in [0.15, 0.2) is 42.7 Å². The Morgan fingerprint density at radius 1 is 1.10 bits per heavy atom. The molecule has 0 unspecified atom stereocenters. The maximum absolute atomic E-state index is 13.3. The second-order valence-electron chi connectivity index (χ2n) is 6.84. The normalized spacial score (nSPS) is 11.2. The van der Waals surface area contributed by atoms with Crippen LogP contribution in [-0.4, -0.2) is 30.5 Å². The molecule has 0 aliphatic carbocycles. The molecule has 4 rings (SSSR count). The summed E-state index contributed by atoms with van der Waals surface area (Å²) in [5, 5.41) is 12.6. The zero-order valence-electron chi connectivity index (χ0n) is 16.5. The number of rotatable bonds is 5. The fraction of sp³-hybridized carbons (Fsp3) is 0.238. The Bertz CT molecular complexity index is 1190. The van der Waals surface area contributed by atoms with Gasteiger partial charge in [-0.2, -0.15) is 10.2 Å². The molecule has 0 saturated heterocycles. The van der Waals surface area contributed by atoms with Gasteiger partial charge in [0.2, 0.25) is 5.91 Å². The van der Waals surface area contributed by atoms with Gasteiger partial charge >= 0.3 is 0 Å². The van der Waals surface area contributed by atoms with E-state index in [1.165, 1.54) is 12.1 Å². The Morgan fingerprint density at radius 2 is 1.86 bits per heavy atom. The van der Waals surface area contributed by atoms with Gasteiger partial charge in [-0.15, -0.1) is 0 Å². The van der Waals surface area contributed by atoms with E-state index in [-0.39, 0.29) is 18.3 Å². The molecule has 1 aromatic carbocycles. The molecule has 4 aromatic rings. The zero-order chi connectivity index (χ0) is 20.5. The first kappa shape index (κ1) is 18.8. The number of benzene rings is 1. The molecule has 0 aliphatic heterocycles. The third kappa shape index (κ3) is 3.61. The Balaban J connectivity index is 1.65. The number of hydrogen-bond donors (Lipinski definition) is 1. The summed E-state index contributed by atoms with van der Waals surface area (Å²) >= 11 is 0. The fourth-order valence-electron chi connectivity index (χ4n) is 3.39. The van der Waals surface area contributed by atoms with Crippen molar-refractivity contribution < 1.29 is 9.18 Å². The number of carbonyl (C=O) groups is 1. The molecule has 0 aliphatic rings. The number of amides is 1.